The van der Waals surface area contributed by atoms with Crippen LogP contribution in [0.5, 0.6) is 0 Å². The number of aliphatic hydroxyl groups excluding tert-OH is 1. The summed E-state index contributed by atoms with van der Waals surface area (Å²) in [6, 6.07) is 1.85. The Morgan fingerprint density at radius 3 is 2.65 bits per heavy atom. The molecule has 0 aromatic carbocycles. The molecule has 2 heterocycles. The first kappa shape index (κ1) is 15.9. The van der Waals surface area contributed by atoms with Gasteiger partial charge in [-0.25, -0.2) is 4.79 Å². The number of carbonyl (C=O) groups is 2. The highest BCUT2D eigenvalue weighted by Crippen LogP contribution is 2.30. The number of methoxy groups -OCH3 is 1. The monoisotopic (exact) mass is 318 g/mol. The zero-order valence-electron chi connectivity index (χ0n) is 13.5. The number of nitrogens with zero attached hydrogens (tertiary/aromatic N) is 2. The van der Waals surface area contributed by atoms with Crippen molar-refractivity contribution in [2.24, 2.45) is 5.92 Å². The number of hydrogen-bond donors (Lipinski definition) is 1. The first-order valence-electron chi connectivity index (χ1n) is 8.04. The molecule has 6 nitrogen and oxygen atoms in total. The van der Waals surface area contributed by atoms with E-state index in [0.29, 0.717) is 50.0 Å². The Morgan fingerprint density at radius 2 is 2.00 bits per heavy atom. The molecule has 1 saturated carbocycles. The molecule has 6 heteroatoms. The van der Waals surface area contributed by atoms with E-state index in [9.17, 15) is 14.7 Å². The van der Waals surface area contributed by atoms with Crippen LogP contribution < -0.4 is 0 Å². The Kier molecular flexibility index (Phi) is 4.35. The highest BCUT2D eigenvalue weighted by molar-refractivity contribution is 5.90. The average molecular weight is 318 g/mol. The summed E-state index contributed by atoms with van der Waals surface area (Å²) in [4.78, 5) is 30.6. The van der Waals surface area contributed by atoms with Gasteiger partial charge >= 0.3 is 5.97 Å². The summed E-state index contributed by atoms with van der Waals surface area (Å²) < 4.78 is 4.80. The molecule has 0 spiro atoms. The molecule has 0 bridgehead atoms. The second-order valence-electron chi connectivity index (χ2n) is 6.37. The van der Waals surface area contributed by atoms with Crippen molar-refractivity contribution in [3.63, 3.8) is 0 Å². The summed E-state index contributed by atoms with van der Waals surface area (Å²) in [5.74, 6) is -0.280. The minimum absolute atomic E-state index is 0.0356. The van der Waals surface area contributed by atoms with Gasteiger partial charge in [-0.15, -0.1) is 0 Å². The number of pyridine rings is 1. The van der Waals surface area contributed by atoms with Crippen molar-refractivity contribution in [2.75, 3.05) is 20.2 Å². The van der Waals surface area contributed by atoms with Gasteiger partial charge in [-0.2, -0.15) is 0 Å². The van der Waals surface area contributed by atoms with Gasteiger partial charge in [0.1, 0.15) is 0 Å². The standard InChI is InChI=1S/C17H22N2O4/c1-10-14(17(22)23-2)9-11-3-5-19(6-4-15(11)18-10)16(21)12-7-13(20)8-12/h9,12-13,20H,3-8H2,1-2H3. The first-order valence-corrected chi connectivity index (χ1v) is 8.04. The van der Waals surface area contributed by atoms with E-state index in [4.69, 9.17) is 4.74 Å². The maximum absolute atomic E-state index is 12.4. The fraction of sp³-hybridized carbons (Fsp3) is 0.588. The Labute approximate surface area is 135 Å². The van der Waals surface area contributed by atoms with Crippen LogP contribution in [0.25, 0.3) is 0 Å². The van der Waals surface area contributed by atoms with Crippen LogP contribution in [0.3, 0.4) is 0 Å². The third-order valence-electron chi connectivity index (χ3n) is 4.83. The molecule has 1 aromatic heterocycles. The van der Waals surface area contributed by atoms with Crippen LogP contribution in [0.1, 0.15) is 40.2 Å². The van der Waals surface area contributed by atoms with E-state index in [2.05, 4.69) is 4.98 Å². The third-order valence-corrected chi connectivity index (χ3v) is 4.83. The van der Waals surface area contributed by atoms with Gasteiger partial charge in [-0.05, 0) is 37.8 Å². The van der Waals surface area contributed by atoms with Crippen LogP contribution in [0, 0.1) is 12.8 Å². The van der Waals surface area contributed by atoms with Crippen molar-refractivity contribution in [3.05, 3.63) is 28.6 Å². The van der Waals surface area contributed by atoms with Crippen LogP contribution in [0.4, 0.5) is 0 Å². The molecule has 2 aliphatic rings. The minimum Gasteiger partial charge on any atom is -0.465 e. The molecule has 23 heavy (non-hydrogen) atoms. The highest BCUT2D eigenvalue weighted by atomic mass is 16.5. The number of aryl methyl sites for hydroxylation is 1. The number of carbonyl (C=O) groups excluding carboxylic acids is 2. The van der Waals surface area contributed by atoms with Gasteiger partial charge in [0.05, 0.1) is 24.5 Å². The van der Waals surface area contributed by atoms with Crippen molar-refractivity contribution < 1.29 is 19.4 Å². The SMILES string of the molecule is COC(=O)c1cc2c(nc1C)CCN(C(=O)C1CC(O)C1)CC2. The number of fused-ring (bicyclic) bond motifs is 1. The average Bonchev–Trinajstić information content (AvgIpc) is 2.72. The molecule has 124 valence electrons. The number of esters is 1. The Hall–Kier alpha value is -1.95. The number of rotatable bonds is 2. The summed E-state index contributed by atoms with van der Waals surface area (Å²) >= 11 is 0. The quantitative estimate of drug-likeness (QED) is 0.819. The zero-order chi connectivity index (χ0) is 16.6. The molecule has 0 saturated heterocycles. The summed E-state index contributed by atoms with van der Waals surface area (Å²) in [5.41, 5.74) is 3.13. The van der Waals surface area contributed by atoms with Crippen molar-refractivity contribution in [1.29, 1.82) is 0 Å². The van der Waals surface area contributed by atoms with Gasteiger partial charge in [0.25, 0.3) is 0 Å². The highest BCUT2D eigenvalue weighted by Gasteiger charge is 2.36. The topological polar surface area (TPSA) is 79.7 Å². The number of aliphatic hydroxyl groups is 1. The molecule has 1 amide bonds. The summed E-state index contributed by atoms with van der Waals surface area (Å²) in [7, 11) is 1.36. The van der Waals surface area contributed by atoms with Crippen LogP contribution >= 0.6 is 0 Å². The van der Waals surface area contributed by atoms with Crippen molar-refractivity contribution in [3.8, 4) is 0 Å². The molecule has 3 rings (SSSR count). The molecule has 1 aromatic rings. The molecule has 0 atom stereocenters. The van der Waals surface area contributed by atoms with E-state index in [1.54, 1.807) is 6.92 Å². The fourth-order valence-electron chi connectivity index (χ4n) is 3.32. The van der Waals surface area contributed by atoms with Gasteiger partial charge in [0, 0.05) is 31.1 Å². The number of amides is 1. The van der Waals surface area contributed by atoms with Gasteiger partial charge < -0.3 is 14.7 Å². The van der Waals surface area contributed by atoms with E-state index in [0.717, 1.165) is 11.3 Å². The minimum atomic E-state index is -0.376. The predicted octanol–water partition coefficient (Wildman–Crippen LogP) is 0.875. The lowest BCUT2D eigenvalue weighted by molar-refractivity contribution is -0.142. The van der Waals surface area contributed by atoms with Gasteiger partial charge in [-0.3, -0.25) is 9.78 Å². The molecular weight excluding hydrogens is 296 g/mol. The molecule has 1 aliphatic heterocycles. The summed E-state index contributed by atoms with van der Waals surface area (Å²) in [5, 5.41) is 9.38. The molecule has 1 N–H and O–H groups in total. The largest absolute Gasteiger partial charge is 0.465 e. The van der Waals surface area contributed by atoms with Crippen molar-refractivity contribution in [2.45, 2.75) is 38.7 Å². The zero-order valence-corrected chi connectivity index (χ0v) is 13.5. The van der Waals surface area contributed by atoms with Crippen LogP contribution in [0.2, 0.25) is 0 Å². The third kappa shape index (κ3) is 3.08. The second-order valence-corrected chi connectivity index (χ2v) is 6.37. The lowest BCUT2D eigenvalue weighted by atomic mass is 9.81. The van der Waals surface area contributed by atoms with Crippen molar-refractivity contribution >= 4 is 11.9 Å². The van der Waals surface area contributed by atoms with E-state index in [-0.39, 0.29) is 23.9 Å². The van der Waals surface area contributed by atoms with Crippen LogP contribution in [-0.4, -0.2) is 53.2 Å². The number of hydrogen-bond acceptors (Lipinski definition) is 5. The van der Waals surface area contributed by atoms with Crippen molar-refractivity contribution in [1.82, 2.24) is 9.88 Å². The molecular formula is C17H22N2O4. The maximum atomic E-state index is 12.4. The molecule has 1 aliphatic carbocycles. The Balaban J connectivity index is 1.75. The van der Waals surface area contributed by atoms with Gasteiger partial charge in [0.2, 0.25) is 5.91 Å². The molecule has 0 unspecified atom stereocenters. The predicted molar refractivity (Wildman–Crippen MR) is 83.0 cm³/mol. The van der Waals surface area contributed by atoms with E-state index in [1.165, 1.54) is 7.11 Å². The van der Waals surface area contributed by atoms with E-state index < -0.39 is 0 Å². The Bertz CT molecular complexity index is 638. The first-order chi connectivity index (χ1) is 11.0. The molecule has 1 fully saturated rings. The Morgan fingerprint density at radius 1 is 1.30 bits per heavy atom. The maximum Gasteiger partial charge on any atom is 0.339 e. The fourth-order valence-corrected chi connectivity index (χ4v) is 3.32. The number of ether oxygens (including phenoxy) is 1. The summed E-state index contributed by atoms with van der Waals surface area (Å²) in [6.45, 7) is 3.07. The van der Waals surface area contributed by atoms with E-state index >= 15 is 0 Å². The summed E-state index contributed by atoms with van der Waals surface area (Å²) in [6.07, 6.45) is 2.21. The normalized spacial score (nSPS) is 23.5. The van der Waals surface area contributed by atoms with Crippen LogP contribution in [0.15, 0.2) is 6.07 Å². The number of aromatic nitrogens is 1. The van der Waals surface area contributed by atoms with Gasteiger partial charge in [-0.1, -0.05) is 0 Å². The van der Waals surface area contributed by atoms with E-state index in [1.807, 2.05) is 11.0 Å². The molecule has 0 radical (unpaired) electrons. The smallest absolute Gasteiger partial charge is 0.339 e. The lowest BCUT2D eigenvalue weighted by Crippen LogP contribution is -2.44. The second kappa shape index (κ2) is 6.28. The van der Waals surface area contributed by atoms with Gasteiger partial charge in [0.15, 0.2) is 0 Å². The van der Waals surface area contributed by atoms with Crippen LogP contribution in [-0.2, 0) is 22.4 Å². The lowest BCUT2D eigenvalue weighted by Gasteiger charge is -2.34.